The highest BCUT2D eigenvalue weighted by molar-refractivity contribution is 6.03. The minimum absolute atomic E-state index is 0.970. The molecule has 2 heteroatoms. The van der Waals surface area contributed by atoms with Gasteiger partial charge in [0.15, 0.2) is 0 Å². The van der Waals surface area contributed by atoms with Gasteiger partial charge in [0.25, 0.3) is 0 Å². The van der Waals surface area contributed by atoms with Crippen LogP contribution in [0.1, 0.15) is 5.69 Å². The molecule has 100 valence electrons. The van der Waals surface area contributed by atoms with E-state index in [1.54, 1.807) is 0 Å². The number of aryl methyl sites for hydroxylation is 1. The molecule has 0 N–H and O–H groups in total. The highest BCUT2D eigenvalue weighted by Crippen LogP contribution is 2.26. The van der Waals surface area contributed by atoms with Crippen molar-refractivity contribution in [1.82, 2.24) is 9.97 Å². The van der Waals surface area contributed by atoms with Crippen molar-refractivity contribution < 1.29 is 0 Å². The first kappa shape index (κ1) is 12.0. The average molecular weight is 270 g/mol. The largest absolute Gasteiger partial charge is 0.251 e. The summed E-state index contributed by atoms with van der Waals surface area (Å²) in [5, 5.41) is 2.26. The first-order chi connectivity index (χ1) is 10.3. The zero-order valence-electron chi connectivity index (χ0n) is 11.7. The number of fused-ring (bicyclic) bond motifs is 3. The second-order valence-electron chi connectivity index (χ2n) is 5.22. The van der Waals surface area contributed by atoms with E-state index in [0.717, 1.165) is 38.8 Å². The number of hydrogen-bond donors (Lipinski definition) is 0. The van der Waals surface area contributed by atoms with Crippen LogP contribution in [0.2, 0.25) is 0 Å². The summed E-state index contributed by atoms with van der Waals surface area (Å²) in [5.74, 6) is 0. The molecule has 0 saturated carbocycles. The monoisotopic (exact) mass is 270 g/mol. The molecule has 0 radical (unpaired) electrons. The molecule has 0 saturated heterocycles. The highest BCUT2D eigenvalue weighted by atomic mass is 14.8. The summed E-state index contributed by atoms with van der Waals surface area (Å²) < 4.78 is 0. The van der Waals surface area contributed by atoms with Crippen molar-refractivity contribution in [2.45, 2.75) is 6.92 Å². The van der Waals surface area contributed by atoms with Gasteiger partial charge in [-0.2, -0.15) is 0 Å². The van der Waals surface area contributed by atoms with E-state index in [1.165, 1.54) is 0 Å². The van der Waals surface area contributed by atoms with Crippen molar-refractivity contribution in [2.75, 3.05) is 0 Å². The van der Waals surface area contributed by atoms with E-state index in [9.17, 15) is 0 Å². The SMILES string of the molecule is Cc1ccc2ccc3ccc(-c4ccccc4)nc3c2n1. The summed E-state index contributed by atoms with van der Waals surface area (Å²) in [5.41, 5.74) is 5.08. The van der Waals surface area contributed by atoms with Crippen LogP contribution in [0, 0.1) is 6.92 Å². The van der Waals surface area contributed by atoms with Gasteiger partial charge in [0, 0.05) is 22.0 Å². The second kappa shape index (κ2) is 4.67. The Balaban J connectivity index is 2.05. The van der Waals surface area contributed by atoms with Gasteiger partial charge in [0.1, 0.15) is 0 Å². The van der Waals surface area contributed by atoms with Crippen LogP contribution < -0.4 is 0 Å². The van der Waals surface area contributed by atoms with Crippen LogP contribution >= 0.6 is 0 Å². The van der Waals surface area contributed by atoms with E-state index in [2.05, 4.69) is 47.4 Å². The molecule has 21 heavy (non-hydrogen) atoms. The van der Waals surface area contributed by atoms with Gasteiger partial charge in [0.05, 0.1) is 16.7 Å². The Hall–Kier alpha value is -2.74. The lowest BCUT2D eigenvalue weighted by atomic mass is 10.1. The van der Waals surface area contributed by atoms with Crippen molar-refractivity contribution in [3.8, 4) is 11.3 Å². The zero-order chi connectivity index (χ0) is 14.2. The lowest BCUT2D eigenvalue weighted by molar-refractivity contribution is 1.25. The molecule has 0 aliphatic carbocycles. The predicted octanol–water partition coefficient (Wildman–Crippen LogP) is 4.76. The summed E-state index contributed by atoms with van der Waals surface area (Å²) in [7, 11) is 0. The average Bonchev–Trinajstić information content (AvgIpc) is 2.55. The molecule has 4 rings (SSSR count). The van der Waals surface area contributed by atoms with Crippen molar-refractivity contribution >= 4 is 21.8 Å². The molecule has 0 aliphatic heterocycles. The maximum Gasteiger partial charge on any atom is 0.0972 e. The van der Waals surface area contributed by atoms with Crippen LogP contribution in [0.25, 0.3) is 33.1 Å². The van der Waals surface area contributed by atoms with Crippen LogP contribution in [-0.2, 0) is 0 Å². The number of benzene rings is 2. The van der Waals surface area contributed by atoms with Gasteiger partial charge in [-0.15, -0.1) is 0 Å². The third-order valence-corrected chi connectivity index (χ3v) is 3.73. The molecule has 0 amide bonds. The second-order valence-corrected chi connectivity index (χ2v) is 5.22. The molecule has 0 spiro atoms. The molecule has 2 heterocycles. The summed E-state index contributed by atoms with van der Waals surface area (Å²) >= 11 is 0. The molecule has 0 unspecified atom stereocenters. The van der Waals surface area contributed by atoms with Gasteiger partial charge in [0.2, 0.25) is 0 Å². The number of hydrogen-bond acceptors (Lipinski definition) is 2. The van der Waals surface area contributed by atoms with Gasteiger partial charge >= 0.3 is 0 Å². The van der Waals surface area contributed by atoms with Gasteiger partial charge < -0.3 is 0 Å². The van der Waals surface area contributed by atoms with Crippen LogP contribution in [0.3, 0.4) is 0 Å². The lowest BCUT2D eigenvalue weighted by Gasteiger charge is -2.06. The summed E-state index contributed by atoms with van der Waals surface area (Å²) in [6.07, 6.45) is 0. The Morgan fingerprint density at radius 1 is 0.619 bits per heavy atom. The Morgan fingerprint density at radius 3 is 2.00 bits per heavy atom. The predicted molar refractivity (Wildman–Crippen MR) is 87.2 cm³/mol. The summed E-state index contributed by atoms with van der Waals surface area (Å²) in [6.45, 7) is 2.01. The molecule has 0 fully saturated rings. The molecular formula is C19H14N2. The standard InChI is InChI=1S/C19H14N2/c1-13-7-8-15-9-10-16-11-12-17(14-5-3-2-4-6-14)21-19(16)18(15)20-13/h2-12H,1H3. The molecule has 0 aliphatic rings. The first-order valence-electron chi connectivity index (χ1n) is 7.04. The molecule has 0 bridgehead atoms. The molecule has 2 aromatic carbocycles. The summed E-state index contributed by atoms with van der Waals surface area (Å²) in [4.78, 5) is 9.53. The fraction of sp³-hybridized carbons (Fsp3) is 0.0526. The summed E-state index contributed by atoms with van der Waals surface area (Å²) in [6, 6.07) is 22.8. The van der Waals surface area contributed by atoms with Crippen LogP contribution in [0.4, 0.5) is 0 Å². The van der Waals surface area contributed by atoms with Crippen molar-refractivity contribution in [3.63, 3.8) is 0 Å². The van der Waals surface area contributed by atoms with Gasteiger partial charge in [-0.25, -0.2) is 4.98 Å². The maximum atomic E-state index is 4.85. The van der Waals surface area contributed by atoms with E-state index < -0.39 is 0 Å². The Morgan fingerprint density at radius 2 is 1.24 bits per heavy atom. The van der Waals surface area contributed by atoms with Crippen LogP contribution in [0.5, 0.6) is 0 Å². The Labute approximate surface area is 123 Å². The molecular weight excluding hydrogens is 256 g/mol. The minimum Gasteiger partial charge on any atom is -0.251 e. The maximum absolute atomic E-state index is 4.85. The van der Waals surface area contributed by atoms with E-state index in [0.29, 0.717) is 0 Å². The van der Waals surface area contributed by atoms with Crippen LogP contribution in [-0.4, -0.2) is 9.97 Å². The quantitative estimate of drug-likeness (QED) is 0.466. The third kappa shape index (κ3) is 2.05. The Bertz CT molecular complexity index is 943. The zero-order valence-corrected chi connectivity index (χ0v) is 11.7. The number of aromatic nitrogens is 2. The van der Waals surface area contributed by atoms with Crippen molar-refractivity contribution in [3.05, 3.63) is 72.4 Å². The van der Waals surface area contributed by atoms with E-state index in [4.69, 9.17) is 4.98 Å². The number of nitrogens with zero attached hydrogens (tertiary/aromatic N) is 2. The van der Waals surface area contributed by atoms with Gasteiger partial charge in [-0.05, 0) is 19.1 Å². The van der Waals surface area contributed by atoms with E-state index >= 15 is 0 Å². The van der Waals surface area contributed by atoms with Gasteiger partial charge in [-0.1, -0.05) is 54.6 Å². The smallest absolute Gasteiger partial charge is 0.0972 e. The van der Waals surface area contributed by atoms with Gasteiger partial charge in [-0.3, -0.25) is 4.98 Å². The van der Waals surface area contributed by atoms with Crippen molar-refractivity contribution in [1.29, 1.82) is 0 Å². The van der Waals surface area contributed by atoms with E-state index in [1.807, 2.05) is 31.2 Å². The highest BCUT2D eigenvalue weighted by Gasteiger charge is 2.06. The van der Waals surface area contributed by atoms with E-state index in [-0.39, 0.29) is 0 Å². The van der Waals surface area contributed by atoms with Crippen LogP contribution in [0.15, 0.2) is 66.7 Å². The van der Waals surface area contributed by atoms with Crippen molar-refractivity contribution in [2.24, 2.45) is 0 Å². The molecule has 0 atom stereocenters. The molecule has 2 nitrogen and oxygen atoms in total. The molecule has 4 aromatic rings. The first-order valence-corrected chi connectivity index (χ1v) is 7.04. The third-order valence-electron chi connectivity index (χ3n) is 3.73. The Kier molecular flexibility index (Phi) is 2.68. The number of rotatable bonds is 1. The lowest BCUT2D eigenvalue weighted by Crippen LogP contribution is -1.90. The fourth-order valence-electron chi connectivity index (χ4n) is 2.63. The fourth-order valence-corrected chi connectivity index (χ4v) is 2.63. The number of pyridine rings is 2. The topological polar surface area (TPSA) is 25.8 Å². The minimum atomic E-state index is 0.970. The normalized spacial score (nSPS) is 11.1. The molecule has 2 aromatic heterocycles.